The Labute approximate surface area is 212 Å². The predicted molar refractivity (Wildman–Crippen MR) is 142 cm³/mol. The fraction of sp³-hybridized carbons (Fsp3) is 0.407. The number of ether oxygens (including phenoxy) is 3. The van der Waals surface area contributed by atoms with Crippen LogP contribution in [0, 0.1) is 6.92 Å². The van der Waals surface area contributed by atoms with E-state index in [1.807, 2.05) is 54.8 Å². The van der Waals surface area contributed by atoms with Gasteiger partial charge < -0.3 is 19.1 Å². The Morgan fingerprint density at radius 3 is 2.34 bits per heavy atom. The number of methoxy groups -OCH3 is 2. The van der Waals surface area contributed by atoms with E-state index in [2.05, 4.69) is 18.7 Å². The monoisotopic (exact) mass is 497 g/mol. The Hall–Kier alpha value is -3.10. The zero-order valence-corrected chi connectivity index (χ0v) is 22.1. The molecule has 0 aliphatic heterocycles. The molecule has 0 N–H and O–H groups in total. The number of hydrogen-bond donors (Lipinski definition) is 0. The second-order valence-corrected chi connectivity index (χ2v) is 8.95. The average molecular weight is 498 g/mol. The van der Waals surface area contributed by atoms with Crippen LogP contribution in [0.4, 0.5) is 5.13 Å². The van der Waals surface area contributed by atoms with Gasteiger partial charge in [0, 0.05) is 17.5 Å². The normalized spacial score (nSPS) is 10.9. The number of rotatable bonds is 13. The minimum absolute atomic E-state index is 0.0499. The summed E-state index contributed by atoms with van der Waals surface area (Å²) in [5.74, 6) is 1.97. The highest BCUT2D eigenvalue weighted by Gasteiger charge is 2.21. The van der Waals surface area contributed by atoms with Crippen LogP contribution in [-0.2, 0) is 4.79 Å². The summed E-state index contributed by atoms with van der Waals surface area (Å²) >= 11 is 1.44. The SMILES string of the molecule is CCN(CC)CCCN(C(=O)COc1ccc(C)cc1)c1nc(-c2cc(OC)ccc2OC)cs1. The summed E-state index contributed by atoms with van der Waals surface area (Å²) in [7, 11) is 3.26. The number of carbonyl (C=O) groups is 1. The fourth-order valence-corrected chi connectivity index (χ4v) is 4.57. The molecule has 8 heteroatoms. The minimum atomic E-state index is -0.122. The third kappa shape index (κ3) is 7.19. The summed E-state index contributed by atoms with van der Waals surface area (Å²) in [5.41, 5.74) is 2.70. The van der Waals surface area contributed by atoms with Crippen molar-refractivity contribution < 1.29 is 19.0 Å². The van der Waals surface area contributed by atoms with Crippen molar-refractivity contribution in [1.82, 2.24) is 9.88 Å². The average Bonchev–Trinajstić information content (AvgIpc) is 3.37. The quantitative estimate of drug-likeness (QED) is 0.320. The van der Waals surface area contributed by atoms with Crippen LogP contribution in [0.1, 0.15) is 25.8 Å². The topological polar surface area (TPSA) is 64.1 Å². The number of amides is 1. The van der Waals surface area contributed by atoms with Gasteiger partial charge in [0.25, 0.3) is 5.91 Å². The molecular formula is C27H35N3O4S. The molecule has 0 spiro atoms. The Balaban J connectivity index is 1.81. The molecule has 1 heterocycles. The highest BCUT2D eigenvalue weighted by Crippen LogP contribution is 2.36. The van der Waals surface area contributed by atoms with E-state index in [1.165, 1.54) is 11.3 Å². The van der Waals surface area contributed by atoms with Crippen LogP contribution in [0.25, 0.3) is 11.3 Å². The second kappa shape index (κ2) is 13.1. The molecule has 35 heavy (non-hydrogen) atoms. The van der Waals surface area contributed by atoms with Gasteiger partial charge in [-0.2, -0.15) is 0 Å². The third-order valence-corrected chi connectivity index (χ3v) is 6.70. The van der Waals surface area contributed by atoms with Crippen molar-refractivity contribution >= 4 is 22.4 Å². The fourth-order valence-electron chi connectivity index (χ4n) is 3.70. The van der Waals surface area contributed by atoms with E-state index < -0.39 is 0 Å². The molecule has 2 aromatic carbocycles. The second-order valence-electron chi connectivity index (χ2n) is 8.11. The summed E-state index contributed by atoms with van der Waals surface area (Å²) in [5, 5.41) is 2.58. The maximum absolute atomic E-state index is 13.3. The van der Waals surface area contributed by atoms with Gasteiger partial charge in [-0.05, 0) is 63.3 Å². The summed E-state index contributed by atoms with van der Waals surface area (Å²) in [6.45, 7) is 9.71. The van der Waals surface area contributed by atoms with Crippen molar-refractivity contribution in [2.75, 3.05) is 51.9 Å². The molecule has 3 rings (SSSR count). The van der Waals surface area contributed by atoms with Crippen LogP contribution in [0.15, 0.2) is 47.8 Å². The van der Waals surface area contributed by atoms with Crippen molar-refractivity contribution in [3.63, 3.8) is 0 Å². The lowest BCUT2D eigenvalue weighted by Gasteiger charge is -2.23. The van der Waals surface area contributed by atoms with Crippen LogP contribution < -0.4 is 19.1 Å². The summed E-state index contributed by atoms with van der Waals surface area (Å²) in [4.78, 5) is 22.2. The summed E-state index contributed by atoms with van der Waals surface area (Å²) in [6.07, 6.45) is 0.843. The lowest BCUT2D eigenvalue weighted by molar-refractivity contribution is -0.120. The zero-order chi connectivity index (χ0) is 25.2. The van der Waals surface area contributed by atoms with E-state index in [1.54, 1.807) is 19.1 Å². The molecule has 7 nitrogen and oxygen atoms in total. The van der Waals surface area contributed by atoms with Gasteiger partial charge in [0.05, 0.1) is 19.9 Å². The number of thiazole rings is 1. The summed E-state index contributed by atoms with van der Waals surface area (Å²) in [6, 6.07) is 13.3. The summed E-state index contributed by atoms with van der Waals surface area (Å²) < 4.78 is 16.7. The van der Waals surface area contributed by atoms with E-state index >= 15 is 0 Å². The van der Waals surface area contributed by atoms with Gasteiger partial charge in [-0.3, -0.25) is 9.69 Å². The molecule has 0 unspecified atom stereocenters. The molecule has 0 fully saturated rings. The smallest absolute Gasteiger partial charge is 0.266 e. The lowest BCUT2D eigenvalue weighted by Crippen LogP contribution is -2.37. The van der Waals surface area contributed by atoms with Crippen molar-refractivity contribution in [3.8, 4) is 28.5 Å². The molecule has 0 aliphatic carbocycles. The van der Waals surface area contributed by atoms with Gasteiger partial charge in [-0.1, -0.05) is 31.5 Å². The molecular weight excluding hydrogens is 462 g/mol. The Bertz CT molecular complexity index is 1080. The van der Waals surface area contributed by atoms with Gasteiger partial charge in [0.15, 0.2) is 11.7 Å². The van der Waals surface area contributed by atoms with Crippen molar-refractivity contribution in [3.05, 3.63) is 53.4 Å². The van der Waals surface area contributed by atoms with Crippen LogP contribution in [0.5, 0.6) is 17.2 Å². The first kappa shape index (κ1) is 26.5. The Morgan fingerprint density at radius 1 is 0.971 bits per heavy atom. The van der Waals surface area contributed by atoms with Crippen molar-refractivity contribution in [2.24, 2.45) is 0 Å². The molecule has 0 radical (unpaired) electrons. The van der Waals surface area contributed by atoms with Gasteiger partial charge >= 0.3 is 0 Å². The Morgan fingerprint density at radius 2 is 1.69 bits per heavy atom. The highest BCUT2D eigenvalue weighted by atomic mass is 32.1. The number of aryl methyl sites for hydroxylation is 1. The third-order valence-electron chi connectivity index (χ3n) is 5.84. The first-order chi connectivity index (χ1) is 17.0. The largest absolute Gasteiger partial charge is 0.497 e. The molecule has 0 saturated carbocycles. The van der Waals surface area contributed by atoms with Gasteiger partial charge in [0.2, 0.25) is 0 Å². The maximum atomic E-state index is 13.3. The molecule has 3 aromatic rings. The van der Waals surface area contributed by atoms with Gasteiger partial charge in [0.1, 0.15) is 17.2 Å². The van der Waals surface area contributed by atoms with E-state index in [-0.39, 0.29) is 12.5 Å². The molecule has 1 amide bonds. The minimum Gasteiger partial charge on any atom is -0.497 e. The predicted octanol–water partition coefficient (Wildman–Crippen LogP) is 5.28. The standard InChI is InChI=1S/C27H35N3O4S/c1-6-29(7-2)15-8-16-30(26(31)18-34-21-11-9-20(3)10-12-21)27-28-24(19-35-27)23-17-22(32-4)13-14-25(23)33-5/h9-14,17,19H,6-8,15-16,18H2,1-5H3. The molecule has 0 saturated heterocycles. The highest BCUT2D eigenvalue weighted by molar-refractivity contribution is 7.14. The molecule has 0 atom stereocenters. The van der Waals surface area contributed by atoms with Crippen molar-refractivity contribution in [1.29, 1.82) is 0 Å². The van der Waals surface area contributed by atoms with Crippen LogP contribution in [0.3, 0.4) is 0 Å². The number of benzene rings is 2. The Kier molecular flexibility index (Phi) is 9.93. The van der Waals surface area contributed by atoms with Gasteiger partial charge in [-0.15, -0.1) is 11.3 Å². The van der Waals surface area contributed by atoms with Gasteiger partial charge in [-0.25, -0.2) is 4.98 Å². The number of anilines is 1. The van der Waals surface area contributed by atoms with E-state index in [0.29, 0.717) is 28.9 Å². The van der Waals surface area contributed by atoms with Crippen LogP contribution >= 0.6 is 11.3 Å². The zero-order valence-electron chi connectivity index (χ0n) is 21.2. The maximum Gasteiger partial charge on any atom is 0.266 e. The van der Waals surface area contributed by atoms with E-state index in [9.17, 15) is 4.79 Å². The number of aromatic nitrogens is 1. The molecule has 188 valence electrons. The molecule has 0 aliphatic rings. The van der Waals surface area contributed by atoms with Crippen LogP contribution in [0.2, 0.25) is 0 Å². The van der Waals surface area contributed by atoms with E-state index in [4.69, 9.17) is 19.2 Å². The number of carbonyl (C=O) groups excluding carboxylic acids is 1. The number of hydrogen-bond acceptors (Lipinski definition) is 7. The first-order valence-electron chi connectivity index (χ1n) is 11.9. The molecule has 1 aromatic heterocycles. The molecule has 0 bridgehead atoms. The van der Waals surface area contributed by atoms with Crippen LogP contribution in [-0.4, -0.2) is 62.8 Å². The van der Waals surface area contributed by atoms with E-state index in [0.717, 1.165) is 42.9 Å². The van der Waals surface area contributed by atoms with Crippen molar-refractivity contribution in [2.45, 2.75) is 27.2 Å². The first-order valence-corrected chi connectivity index (χ1v) is 12.8. The lowest BCUT2D eigenvalue weighted by atomic mass is 10.1. The number of nitrogens with zero attached hydrogens (tertiary/aromatic N) is 3.